The van der Waals surface area contributed by atoms with Crippen LogP contribution < -0.4 is 5.73 Å². The fraction of sp³-hybridized carbons (Fsp3) is 0.417. The number of nitrogen functional groups attached to an aromatic ring is 1. The number of hydrogen-bond donors (Lipinski definition) is 1. The first kappa shape index (κ1) is 12.6. The van der Waals surface area contributed by atoms with Crippen molar-refractivity contribution in [3.8, 4) is 0 Å². The molecule has 1 heterocycles. The molecule has 0 radical (unpaired) electrons. The lowest BCUT2D eigenvalue weighted by Gasteiger charge is -2.17. The molecule has 2 rings (SSSR count). The molecule has 1 atom stereocenters. The normalized spacial score (nSPS) is 13.1. The van der Waals surface area contributed by atoms with Crippen LogP contribution in [-0.4, -0.2) is 21.6 Å². The van der Waals surface area contributed by atoms with E-state index in [2.05, 4.69) is 22.7 Å². The average molecular weight is 270 g/mol. The van der Waals surface area contributed by atoms with Gasteiger partial charge < -0.3 is 10.3 Å². The fourth-order valence-corrected chi connectivity index (χ4v) is 2.97. The number of anilines is 1. The number of imidazole rings is 1. The van der Waals surface area contributed by atoms with Crippen LogP contribution in [0.1, 0.15) is 19.4 Å². The number of rotatable bonds is 4. The maximum absolute atomic E-state index is 6.04. The van der Waals surface area contributed by atoms with Gasteiger partial charge in [0.1, 0.15) is 0 Å². The quantitative estimate of drug-likeness (QED) is 0.923. The van der Waals surface area contributed by atoms with Crippen molar-refractivity contribution in [1.82, 2.24) is 9.55 Å². The van der Waals surface area contributed by atoms with Gasteiger partial charge in [-0.05, 0) is 30.9 Å². The minimum atomic E-state index is 0.369. The topological polar surface area (TPSA) is 43.8 Å². The number of thioether (sulfide) groups is 1. The smallest absolute Gasteiger partial charge is 0.201 e. The van der Waals surface area contributed by atoms with E-state index in [-0.39, 0.29) is 0 Å². The number of nitrogens with zero attached hydrogens (tertiary/aromatic N) is 2. The van der Waals surface area contributed by atoms with Crippen molar-refractivity contribution in [1.29, 1.82) is 0 Å². The molecule has 0 aliphatic carbocycles. The number of benzene rings is 1. The van der Waals surface area contributed by atoms with E-state index >= 15 is 0 Å². The molecule has 0 amide bonds. The number of fused-ring (bicyclic) bond motifs is 1. The standard InChI is InChI=1S/C12H16ClN3S/c1-3-9(7-17-2)16-11-6-8(13)4-5-10(11)15-12(16)14/h4-6,9H,3,7H2,1-2H3,(H2,14,15). The maximum Gasteiger partial charge on any atom is 0.201 e. The Morgan fingerprint density at radius 3 is 2.94 bits per heavy atom. The monoisotopic (exact) mass is 269 g/mol. The Morgan fingerprint density at radius 1 is 1.53 bits per heavy atom. The first-order valence-electron chi connectivity index (χ1n) is 5.59. The molecular weight excluding hydrogens is 254 g/mol. The van der Waals surface area contributed by atoms with Crippen LogP contribution in [0.25, 0.3) is 11.0 Å². The molecule has 0 aliphatic heterocycles. The number of halogens is 1. The lowest BCUT2D eigenvalue weighted by Crippen LogP contribution is -2.13. The Labute approximate surface area is 110 Å². The summed E-state index contributed by atoms with van der Waals surface area (Å²) in [6, 6.07) is 6.06. The molecule has 92 valence electrons. The molecule has 1 aromatic carbocycles. The molecule has 0 saturated heterocycles. The van der Waals surface area contributed by atoms with Gasteiger partial charge in [0.15, 0.2) is 0 Å². The number of aromatic nitrogens is 2. The van der Waals surface area contributed by atoms with Crippen LogP contribution in [0.5, 0.6) is 0 Å². The second kappa shape index (κ2) is 5.19. The van der Waals surface area contributed by atoms with Crippen LogP contribution in [0.15, 0.2) is 18.2 Å². The summed E-state index contributed by atoms with van der Waals surface area (Å²) in [5.41, 5.74) is 7.94. The first-order chi connectivity index (χ1) is 8.17. The van der Waals surface area contributed by atoms with E-state index in [4.69, 9.17) is 17.3 Å². The molecule has 1 aromatic heterocycles. The maximum atomic E-state index is 6.04. The molecule has 0 fully saturated rings. The molecule has 17 heavy (non-hydrogen) atoms. The van der Waals surface area contributed by atoms with E-state index in [0.717, 1.165) is 28.2 Å². The van der Waals surface area contributed by atoms with Crippen molar-refractivity contribution >= 4 is 40.3 Å². The largest absolute Gasteiger partial charge is 0.369 e. The summed E-state index contributed by atoms with van der Waals surface area (Å²) >= 11 is 7.85. The zero-order valence-electron chi connectivity index (χ0n) is 9.98. The molecule has 5 heteroatoms. The third-order valence-corrected chi connectivity index (χ3v) is 3.83. The van der Waals surface area contributed by atoms with Crippen LogP contribution >= 0.6 is 23.4 Å². The van der Waals surface area contributed by atoms with Gasteiger partial charge in [0, 0.05) is 16.8 Å². The summed E-state index contributed by atoms with van der Waals surface area (Å²) in [5.74, 6) is 1.60. The van der Waals surface area contributed by atoms with E-state index in [1.165, 1.54) is 0 Å². The number of hydrogen-bond acceptors (Lipinski definition) is 3. The second-order valence-electron chi connectivity index (χ2n) is 3.99. The van der Waals surface area contributed by atoms with Crippen molar-refractivity contribution < 1.29 is 0 Å². The summed E-state index contributed by atoms with van der Waals surface area (Å²) in [4.78, 5) is 4.38. The predicted molar refractivity (Wildman–Crippen MR) is 76.9 cm³/mol. The van der Waals surface area contributed by atoms with E-state index < -0.39 is 0 Å². The Kier molecular flexibility index (Phi) is 3.84. The van der Waals surface area contributed by atoms with Gasteiger partial charge in [0.25, 0.3) is 0 Å². The molecule has 0 saturated carbocycles. The molecular formula is C12H16ClN3S. The molecule has 2 aromatic rings. The van der Waals surface area contributed by atoms with E-state index in [0.29, 0.717) is 12.0 Å². The molecule has 3 nitrogen and oxygen atoms in total. The zero-order chi connectivity index (χ0) is 12.4. The Morgan fingerprint density at radius 2 is 2.29 bits per heavy atom. The van der Waals surface area contributed by atoms with Crippen molar-refractivity contribution in [2.45, 2.75) is 19.4 Å². The van der Waals surface area contributed by atoms with Gasteiger partial charge >= 0.3 is 0 Å². The lowest BCUT2D eigenvalue weighted by atomic mass is 10.2. The SMILES string of the molecule is CCC(CSC)n1c(N)nc2ccc(Cl)cc21. The highest BCUT2D eigenvalue weighted by atomic mass is 35.5. The first-order valence-corrected chi connectivity index (χ1v) is 7.36. The third kappa shape index (κ3) is 2.38. The number of nitrogens with two attached hydrogens (primary N) is 1. The van der Waals surface area contributed by atoms with Crippen LogP contribution in [0.4, 0.5) is 5.95 Å². The Balaban J connectivity index is 2.57. The van der Waals surface area contributed by atoms with Crippen molar-refractivity contribution in [3.05, 3.63) is 23.2 Å². The van der Waals surface area contributed by atoms with Gasteiger partial charge in [-0.15, -0.1) is 0 Å². The third-order valence-electron chi connectivity index (χ3n) is 2.87. The van der Waals surface area contributed by atoms with E-state index in [1.807, 2.05) is 30.0 Å². The van der Waals surface area contributed by atoms with Crippen LogP contribution in [0.2, 0.25) is 5.02 Å². The summed E-state index contributed by atoms with van der Waals surface area (Å²) in [6.45, 7) is 2.16. The van der Waals surface area contributed by atoms with Crippen LogP contribution in [0, 0.1) is 0 Å². The average Bonchev–Trinajstić information content (AvgIpc) is 2.62. The summed E-state index contributed by atoms with van der Waals surface area (Å²) < 4.78 is 2.09. The lowest BCUT2D eigenvalue weighted by molar-refractivity contribution is 0.561. The molecule has 0 aliphatic rings. The fourth-order valence-electron chi connectivity index (χ4n) is 2.04. The highest BCUT2D eigenvalue weighted by molar-refractivity contribution is 7.98. The van der Waals surface area contributed by atoms with Crippen molar-refractivity contribution in [3.63, 3.8) is 0 Å². The Hall–Kier alpha value is -0.870. The van der Waals surface area contributed by atoms with E-state index in [1.54, 1.807) is 0 Å². The highest BCUT2D eigenvalue weighted by Crippen LogP contribution is 2.28. The second-order valence-corrected chi connectivity index (χ2v) is 5.34. The molecule has 0 bridgehead atoms. The van der Waals surface area contributed by atoms with Gasteiger partial charge in [-0.25, -0.2) is 4.98 Å². The molecule has 2 N–H and O–H groups in total. The summed E-state index contributed by atoms with van der Waals surface area (Å²) in [5, 5.41) is 0.720. The van der Waals surface area contributed by atoms with Gasteiger partial charge in [-0.3, -0.25) is 0 Å². The van der Waals surface area contributed by atoms with Crippen LogP contribution in [-0.2, 0) is 0 Å². The van der Waals surface area contributed by atoms with Gasteiger partial charge in [0.2, 0.25) is 5.95 Å². The Bertz CT molecular complexity index is 524. The minimum absolute atomic E-state index is 0.369. The molecule has 0 spiro atoms. The zero-order valence-corrected chi connectivity index (χ0v) is 11.6. The minimum Gasteiger partial charge on any atom is -0.369 e. The van der Waals surface area contributed by atoms with Gasteiger partial charge in [-0.2, -0.15) is 11.8 Å². The van der Waals surface area contributed by atoms with Crippen molar-refractivity contribution in [2.24, 2.45) is 0 Å². The van der Waals surface area contributed by atoms with Crippen molar-refractivity contribution in [2.75, 3.05) is 17.7 Å². The van der Waals surface area contributed by atoms with Gasteiger partial charge in [-0.1, -0.05) is 18.5 Å². The summed E-state index contributed by atoms with van der Waals surface area (Å²) in [6.07, 6.45) is 3.13. The highest BCUT2D eigenvalue weighted by Gasteiger charge is 2.16. The van der Waals surface area contributed by atoms with Crippen LogP contribution in [0.3, 0.4) is 0 Å². The molecule has 1 unspecified atom stereocenters. The predicted octanol–water partition coefficient (Wildman–Crippen LogP) is 3.59. The van der Waals surface area contributed by atoms with E-state index in [9.17, 15) is 0 Å². The van der Waals surface area contributed by atoms with Gasteiger partial charge in [0.05, 0.1) is 11.0 Å². The summed E-state index contributed by atoms with van der Waals surface area (Å²) in [7, 11) is 0.